The van der Waals surface area contributed by atoms with Crippen molar-refractivity contribution in [3.63, 3.8) is 0 Å². The molecule has 5 heterocycles. The fraction of sp³-hybridized carbons (Fsp3) is 0.265. The van der Waals surface area contributed by atoms with Crippen LogP contribution in [0.15, 0.2) is 60.8 Å². The number of carbonyl (C=O) groups is 2. The second-order valence-electron chi connectivity index (χ2n) is 11.5. The molecular formula is C34H28F3N5O6. The Bertz CT molecular complexity index is 2050. The molecule has 0 spiro atoms. The van der Waals surface area contributed by atoms with E-state index < -0.39 is 29.3 Å². The average Bonchev–Trinajstić information content (AvgIpc) is 3.37. The van der Waals surface area contributed by atoms with Gasteiger partial charge in [-0.2, -0.15) is 0 Å². The van der Waals surface area contributed by atoms with E-state index in [0.717, 1.165) is 24.6 Å². The van der Waals surface area contributed by atoms with Crippen molar-refractivity contribution < 1.29 is 42.1 Å². The Kier molecular flexibility index (Phi) is 8.50. The third-order valence-corrected chi connectivity index (χ3v) is 8.25. The van der Waals surface area contributed by atoms with Crippen molar-refractivity contribution in [2.45, 2.75) is 38.1 Å². The van der Waals surface area contributed by atoms with E-state index in [0.29, 0.717) is 43.2 Å². The lowest BCUT2D eigenvalue weighted by Gasteiger charge is -2.27. The van der Waals surface area contributed by atoms with Gasteiger partial charge in [0.1, 0.15) is 35.6 Å². The number of aromatic carboxylic acids is 1. The van der Waals surface area contributed by atoms with Crippen LogP contribution in [0.4, 0.5) is 13.2 Å². The van der Waals surface area contributed by atoms with Crippen LogP contribution in [0.5, 0.6) is 5.88 Å². The molecule has 0 saturated carbocycles. The summed E-state index contributed by atoms with van der Waals surface area (Å²) in [4.78, 5) is 36.7. The Morgan fingerprint density at radius 2 is 1.81 bits per heavy atom. The number of pyridine rings is 2. The second kappa shape index (κ2) is 13.0. The van der Waals surface area contributed by atoms with Crippen LogP contribution in [-0.4, -0.2) is 68.5 Å². The van der Waals surface area contributed by atoms with E-state index in [-0.39, 0.29) is 64.7 Å². The number of halogens is 3. The molecule has 1 atom stereocenters. The average molecular weight is 660 g/mol. The number of carbonyl (C=O) groups excluding carboxylic acids is 1. The van der Waals surface area contributed by atoms with Crippen LogP contribution in [0.3, 0.4) is 0 Å². The Labute approximate surface area is 271 Å². The second-order valence-corrected chi connectivity index (χ2v) is 11.5. The number of aromatic nitrogens is 4. The molecule has 1 amide bonds. The molecular weight excluding hydrogens is 631 g/mol. The Morgan fingerprint density at radius 1 is 1.00 bits per heavy atom. The summed E-state index contributed by atoms with van der Waals surface area (Å²) in [5.41, 5.74) is 1.21. The lowest BCUT2D eigenvalue weighted by molar-refractivity contribution is -0.0589. The molecule has 0 aliphatic carbocycles. The first-order chi connectivity index (χ1) is 23.2. The monoisotopic (exact) mass is 659 g/mol. The van der Waals surface area contributed by atoms with Gasteiger partial charge in [-0.15, -0.1) is 0 Å². The first-order valence-electron chi connectivity index (χ1n) is 15.2. The number of nitrogens with one attached hydrogen (secondary N) is 1. The van der Waals surface area contributed by atoms with Crippen LogP contribution >= 0.6 is 0 Å². The van der Waals surface area contributed by atoms with Gasteiger partial charge >= 0.3 is 5.97 Å². The maximum Gasteiger partial charge on any atom is 0.335 e. The molecule has 3 aromatic heterocycles. The summed E-state index contributed by atoms with van der Waals surface area (Å²) in [6, 6.07) is 12.1. The van der Waals surface area contributed by atoms with E-state index in [9.17, 15) is 19.1 Å². The quantitative estimate of drug-likeness (QED) is 0.207. The lowest BCUT2D eigenvalue weighted by atomic mass is 10.0. The van der Waals surface area contributed by atoms with Crippen molar-refractivity contribution in [2.75, 3.05) is 19.8 Å². The predicted octanol–water partition coefficient (Wildman–Crippen LogP) is 4.70. The van der Waals surface area contributed by atoms with Gasteiger partial charge in [0, 0.05) is 42.5 Å². The number of hydrogen-bond acceptors (Lipinski definition) is 8. The van der Waals surface area contributed by atoms with Crippen molar-refractivity contribution in [1.82, 2.24) is 24.8 Å². The summed E-state index contributed by atoms with van der Waals surface area (Å²) in [7, 11) is 0. The van der Waals surface area contributed by atoms with E-state index in [1.165, 1.54) is 30.5 Å². The van der Waals surface area contributed by atoms with Gasteiger partial charge in [-0.05, 0) is 48.4 Å². The van der Waals surface area contributed by atoms with Gasteiger partial charge in [0.05, 0.1) is 54.2 Å². The molecule has 2 aliphatic rings. The lowest BCUT2D eigenvalue weighted by Crippen LogP contribution is -2.48. The minimum absolute atomic E-state index is 0.0373. The minimum atomic E-state index is -1.09. The van der Waals surface area contributed by atoms with E-state index in [4.69, 9.17) is 14.2 Å². The zero-order valence-electron chi connectivity index (χ0n) is 25.3. The molecule has 0 bridgehead atoms. The van der Waals surface area contributed by atoms with Crippen LogP contribution in [0.25, 0.3) is 22.3 Å². The Balaban J connectivity index is 1.08. The summed E-state index contributed by atoms with van der Waals surface area (Å²) < 4.78 is 63.8. The maximum atomic E-state index is 15.5. The number of rotatable bonds is 11. The topological polar surface area (TPSA) is 138 Å². The van der Waals surface area contributed by atoms with Crippen LogP contribution in [0.2, 0.25) is 0 Å². The summed E-state index contributed by atoms with van der Waals surface area (Å²) >= 11 is 0. The fourth-order valence-electron chi connectivity index (χ4n) is 5.43. The fourth-order valence-corrected chi connectivity index (χ4v) is 5.43. The summed E-state index contributed by atoms with van der Waals surface area (Å²) in [5, 5.41) is 12.2. The molecule has 246 valence electrons. The highest BCUT2D eigenvalue weighted by Gasteiger charge is 2.25. The third-order valence-electron chi connectivity index (χ3n) is 8.25. The van der Waals surface area contributed by atoms with Crippen LogP contribution < -0.4 is 10.1 Å². The molecule has 0 radical (unpaired) electrons. The standard InChI is InChI=1S/C34H28F3N5O6/c35-24-11-23(27-2-1-3-32(41-27)48-15-20-13-38-29(12-25(20)36)33(43)39-21-16-46-17-21)26(37)8-19(24)10-31-40-28-5-4-18(34(44)45)9-30(28)42(31)14-22-6-7-47-22/h1-5,8-9,11-13,21-22H,6-7,10,14-17H2,(H,39,43)(H,44,45). The van der Waals surface area contributed by atoms with Gasteiger partial charge in [0.25, 0.3) is 5.91 Å². The first kappa shape index (κ1) is 31.3. The van der Waals surface area contributed by atoms with Crippen molar-refractivity contribution in [3.8, 4) is 17.1 Å². The number of carboxylic acids is 1. The normalized spacial score (nSPS) is 15.9. The SMILES string of the molecule is O=C(O)c1ccc2nc(Cc3cc(F)c(-c4cccc(OCc5cnc(C(=O)NC6COC6)cc5F)n4)cc3F)n(CC3CCO3)c2c1. The zero-order chi connectivity index (χ0) is 33.4. The molecule has 14 heteroatoms. The molecule has 7 rings (SSSR count). The number of ether oxygens (including phenoxy) is 3. The predicted molar refractivity (Wildman–Crippen MR) is 164 cm³/mol. The number of nitrogens with zero attached hydrogens (tertiary/aromatic N) is 4. The van der Waals surface area contributed by atoms with E-state index in [1.54, 1.807) is 16.7 Å². The minimum Gasteiger partial charge on any atom is -0.478 e. The van der Waals surface area contributed by atoms with Crippen molar-refractivity contribution in [1.29, 1.82) is 0 Å². The smallest absolute Gasteiger partial charge is 0.335 e. The van der Waals surface area contributed by atoms with Crippen molar-refractivity contribution in [3.05, 3.63) is 106 Å². The number of amides is 1. The molecule has 48 heavy (non-hydrogen) atoms. The number of imidazole rings is 1. The van der Waals surface area contributed by atoms with Gasteiger partial charge < -0.3 is 29.2 Å². The van der Waals surface area contributed by atoms with Crippen molar-refractivity contribution >= 4 is 22.9 Å². The molecule has 5 aromatic rings. The van der Waals surface area contributed by atoms with E-state index in [1.807, 2.05) is 0 Å². The number of fused-ring (bicyclic) bond motifs is 1. The third kappa shape index (κ3) is 6.44. The van der Waals surface area contributed by atoms with E-state index in [2.05, 4.69) is 20.3 Å². The molecule has 2 aliphatic heterocycles. The summed E-state index contributed by atoms with van der Waals surface area (Å²) in [6.07, 6.45) is 1.86. The van der Waals surface area contributed by atoms with Gasteiger partial charge in [0.2, 0.25) is 5.88 Å². The van der Waals surface area contributed by atoms with Gasteiger partial charge in [-0.3, -0.25) is 9.78 Å². The first-order valence-corrected chi connectivity index (χ1v) is 15.2. The molecule has 2 N–H and O–H groups in total. The molecule has 11 nitrogen and oxygen atoms in total. The van der Waals surface area contributed by atoms with E-state index >= 15 is 8.78 Å². The summed E-state index contributed by atoms with van der Waals surface area (Å²) in [6.45, 7) is 1.53. The Morgan fingerprint density at radius 3 is 2.52 bits per heavy atom. The van der Waals surface area contributed by atoms with Crippen molar-refractivity contribution in [2.24, 2.45) is 0 Å². The van der Waals surface area contributed by atoms with Gasteiger partial charge in [-0.1, -0.05) is 6.07 Å². The highest BCUT2D eigenvalue weighted by Crippen LogP contribution is 2.29. The molecule has 2 saturated heterocycles. The largest absolute Gasteiger partial charge is 0.478 e. The highest BCUT2D eigenvalue weighted by atomic mass is 19.1. The maximum absolute atomic E-state index is 15.5. The number of carboxylic acid groups (broad SMARTS) is 1. The van der Waals surface area contributed by atoms with Gasteiger partial charge in [0.15, 0.2) is 0 Å². The van der Waals surface area contributed by atoms with Gasteiger partial charge in [-0.25, -0.2) is 27.9 Å². The molecule has 2 fully saturated rings. The van der Waals surface area contributed by atoms with Crippen LogP contribution in [-0.2, 0) is 29.0 Å². The van der Waals surface area contributed by atoms with Crippen LogP contribution in [0.1, 0.15) is 44.2 Å². The highest BCUT2D eigenvalue weighted by molar-refractivity contribution is 5.93. The number of benzene rings is 2. The number of hydrogen-bond donors (Lipinski definition) is 2. The zero-order valence-corrected chi connectivity index (χ0v) is 25.3. The molecule has 1 unspecified atom stereocenters. The molecule has 2 aromatic carbocycles. The summed E-state index contributed by atoms with van der Waals surface area (Å²) in [5.74, 6) is -3.24. The Hall–Kier alpha value is -5.34. The van der Waals surface area contributed by atoms with Crippen LogP contribution in [0, 0.1) is 17.5 Å².